The Hall–Kier alpha value is -1.59. The fourth-order valence-corrected chi connectivity index (χ4v) is 4.21. The van der Waals surface area contributed by atoms with Gasteiger partial charge in [0.2, 0.25) is 5.95 Å². The quantitative estimate of drug-likeness (QED) is 0.789. The summed E-state index contributed by atoms with van der Waals surface area (Å²) in [5, 5.41) is 4.75. The molecule has 0 saturated carbocycles. The van der Waals surface area contributed by atoms with Crippen LogP contribution in [-0.2, 0) is 0 Å². The lowest BCUT2D eigenvalue weighted by atomic mass is 10.2. The zero-order valence-electron chi connectivity index (χ0n) is 12.5. The Balaban J connectivity index is 1.96. The molecule has 2 aromatic heterocycles. The molecule has 1 aliphatic rings. The third kappa shape index (κ3) is 2.03. The van der Waals surface area contributed by atoms with E-state index in [0.29, 0.717) is 6.04 Å². The van der Waals surface area contributed by atoms with Gasteiger partial charge in [-0.15, -0.1) is 11.3 Å². The predicted octanol–water partition coefficient (Wildman–Crippen LogP) is 3.24. The maximum atomic E-state index is 4.97. The summed E-state index contributed by atoms with van der Waals surface area (Å²) in [5.41, 5.74) is 1.30. The number of aromatic nitrogens is 2. The van der Waals surface area contributed by atoms with Crippen LogP contribution in [0.2, 0.25) is 0 Å². The van der Waals surface area contributed by atoms with Crippen molar-refractivity contribution in [2.24, 2.45) is 0 Å². The molecule has 0 radical (unpaired) electrons. The number of anilines is 1. The van der Waals surface area contributed by atoms with Gasteiger partial charge in [-0.1, -0.05) is 18.2 Å². The third-order valence-corrected chi connectivity index (χ3v) is 5.18. The van der Waals surface area contributed by atoms with E-state index in [9.17, 15) is 0 Å². The van der Waals surface area contributed by atoms with Gasteiger partial charge in [-0.3, -0.25) is 0 Å². The van der Waals surface area contributed by atoms with Gasteiger partial charge in [0, 0.05) is 42.3 Å². The zero-order valence-corrected chi connectivity index (χ0v) is 13.3. The van der Waals surface area contributed by atoms with Gasteiger partial charge in [-0.25, -0.2) is 4.98 Å². The van der Waals surface area contributed by atoms with Gasteiger partial charge in [0.05, 0.1) is 5.52 Å². The number of fused-ring (bicyclic) bond motifs is 3. The van der Waals surface area contributed by atoms with Gasteiger partial charge in [0.15, 0.2) is 0 Å². The smallest absolute Gasteiger partial charge is 0.207 e. The van der Waals surface area contributed by atoms with Crippen molar-refractivity contribution in [2.75, 3.05) is 31.1 Å². The predicted molar refractivity (Wildman–Crippen MR) is 90.6 cm³/mol. The largest absolute Gasteiger partial charge is 0.340 e. The Labute approximate surface area is 128 Å². The maximum absolute atomic E-state index is 4.97. The minimum Gasteiger partial charge on any atom is -0.340 e. The molecule has 1 N–H and O–H groups in total. The molecule has 0 amide bonds. The number of hydrogen-bond acceptors (Lipinski definition) is 4. The van der Waals surface area contributed by atoms with Gasteiger partial charge >= 0.3 is 0 Å². The second-order valence-corrected chi connectivity index (χ2v) is 6.90. The first-order valence-electron chi connectivity index (χ1n) is 7.61. The molecule has 0 bridgehead atoms. The van der Waals surface area contributed by atoms with Gasteiger partial charge < -0.3 is 14.8 Å². The summed E-state index contributed by atoms with van der Waals surface area (Å²) in [6.45, 7) is 8.65. The molecule has 0 atom stereocenters. The van der Waals surface area contributed by atoms with Crippen molar-refractivity contribution < 1.29 is 0 Å². The molecule has 1 aliphatic heterocycles. The lowest BCUT2D eigenvalue weighted by Gasteiger charge is -2.29. The van der Waals surface area contributed by atoms with Crippen molar-refractivity contribution in [3.8, 4) is 0 Å². The normalized spacial score (nSPS) is 16.4. The molecule has 0 aliphatic carbocycles. The Bertz CT molecular complexity index is 780. The Morgan fingerprint density at radius 2 is 1.95 bits per heavy atom. The third-order valence-electron chi connectivity index (χ3n) is 4.13. The summed E-state index contributed by atoms with van der Waals surface area (Å²) in [7, 11) is 0. The fraction of sp³-hybridized carbons (Fsp3) is 0.438. The number of rotatable bonds is 2. The lowest BCUT2D eigenvalue weighted by molar-refractivity contribution is 0.548. The molecular formula is C16H20N4S. The molecule has 4 rings (SSSR count). The van der Waals surface area contributed by atoms with Crippen LogP contribution < -0.4 is 10.2 Å². The summed E-state index contributed by atoms with van der Waals surface area (Å²) in [5.74, 6) is 1.14. The molecule has 3 heterocycles. The Kier molecular flexibility index (Phi) is 3.12. The number of imidazole rings is 1. The molecule has 1 saturated heterocycles. The highest BCUT2D eigenvalue weighted by molar-refractivity contribution is 7.25. The number of benzene rings is 1. The van der Waals surface area contributed by atoms with Crippen LogP contribution in [0.4, 0.5) is 5.95 Å². The van der Waals surface area contributed by atoms with E-state index in [1.54, 1.807) is 11.3 Å². The second-order valence-electron chi connectivity index (χ2n) is 5.86. The van der Waals surface area contributed by atoms with Crippen molar-refractivity contribution >= 4 is 37.7 Å². The van der Waals surface area contributed by atoms with Crippen molar-refractivity contribution in [3.05, 3.63) is 24.3 Å². The molecule has 1 aromatic carbocycles. The molecular weight excluding hydrogens is 280 g/mol. The molecule has 0 unspecified atom stereocenters. The number of nitrogens with zero attached hydrogens (tertiary/aromatic N) is 3. The second kappa shape index (κ2) is 5.00. The van der Waals surface area contributed by atoms with E-state index in [4.69, 9.17) is 4.98 Å². The molecule has 5 heteroatoms. The van der Waals surface area contributed by atoms with Crippen molar-refractivity contribution in [3.63, 3.8) is 0 Å². The van der Waals surface area contributed by atoms with E-state index < -0.39 is 0 Å². The monoisotopic (exact) mass is 300 g/mol. The highest BCUT2D eigenvalue weighted by Crippen LogP contribution is 2.38. The van der Waals surface area contributed by atoms with Crippen LogP contribution >= 0.6 is 11.3 Å². The molecule has 1 fully saturated rings. The van der Waals surface area contributed by atoms with E-state index in [1.165, 1.54) is 20.4 Å². The van der Waals surface area contributed by atoms with Crippen LogP contribution in [0.15, 0.2) is 24.3 Å². The molecule has 3 aromatic rings. The maximum Gasteiger partial charge on any atom is 0.207 e. The van der Waals surface area contributed by atoms with E-state index in [-0.39, 0.29) is 0 Å². The van der Waals surface area contributed by atoms with E-state index in [0.717, 1.165) is 32.1 Å². The van der Waals surface area contributed by atoms with Gasteiger partial charge in [-0.05, 0) is 19.9 Å². The number of piperazine rings is 1. The summed E-state index contributed by atoms with van der Waals surface area (Å²) >= 11 is 1.80. The highest BCUT2D eigenvalue weighted by Gasteiger charge is 2.23. The van der Waals surface area contributed by atoms with Gasteiger partial charge in [0.25, 0.3) is 0 Å². The standard InChI is InChI=1S/C16H20N4S/c1-11(2)20-14-12-5-3-4-6-13(12)21-15(14)18-16(20)19-9-7-17-8-10-19/h3-6,11,17H,7-10H2,1-2H3. The van der Waals surface area contributed by atoms with E-state index >= 15 is 0 Å². The molecule has 110 valence electrons. The minimum atomic E-state index is 0.415. The van der Waals surface area contributed by atoms with Crippen molar-refractivity contribution in [2.45, 2.75) is 19.9 Å². The molecule has 0 spiro atoms. The van der Waals surface area contributed by atoms with Crippen LogP contribution in [0, 0.1) is 0 Å². The van der Waals surface area contributed by atoms with Gasteiger partial charge in [-0.2, -0.15) is 0 Å². The summed E-state index contributed by atoms with van der Waals surface area (Å²) in [6.07, 6.45) is 0. The average Bonchev–Trinajstić information content (AvgIpc) is 3.03. The van der Waals surface area contributed by atoms with E-state index in [1.807, 2.05) is 0 Å². The number of nitrogens with one attached hydrogen (secondary N) is 1. The Morgan fingerprint density at radius 1 is 1.19 bits per heavy atom. The topological polar surface area (TPSA) is 33.1 Å². The highest BCUT2D eigenvalue weighted by atomic mass is 32.1. The minimum absolute atomic E-state index is 0.415. The SMILES string of the molecule is CC(C)n1c(N2CCNCC2)nc2sc3ccccc3c21. The first kappa shape index (κ1) is 13.1. The Morgan fingerprint density at radius 3 is 2.71 bits per heavy atom. The first-order chi connectivity index (χ1) is 10.3. The summed E-state index contributed by atoms with van der Waals surface area (Å²) in [6, 6.07) is 9.05. The summed E-state index contributed by atoms with van der Waals surface area (Å²) in [4.78, 5) is 8.55. The van der Waals surface area contributed by atoms with Crippen LogP contribution in [0.1, 0.15) is 19.9 Å². The van der Waals surface area contributed by atoms with Crippen LogP contribution in [0.25, 0.3) is 20.4 Å². The van der Waals surface area contributed by atoms with Crippen molar-refractivity contribution in [1.29, 1.82) is 0 Å². The van der Waals surface area contributed by atoms with Gasteiger partial charge in [0.1, 0.15) is 4.83 Å². The molecule has 21 heavy (non-hydrogen) atoms. The number of hydrogen-bond donors (Lipinski definition) is 1. The average molecular weight is 300 g/mol. The van der Waals surface area contributed by atoms with Crippen LogP contribution in [0.3, 0.4) is 0 Å². The number of thiophene rings is 1. The zero-order chi connectivity index (χ0) is 14.4. The molecule has 4 nitrogen and oxygen atoms in total. The summed E-state index contributed by atoms with van der Waals surface area (Å²) < 4.78 is 3.75. The van der Waals surface area contributed by atoms with E-state index in [2.05, 4.69) is 52.9 Å². The first-order valence-corrected chi connectivity index (χ1v) is 8.42. The van der Waals surface area contributed by atoms with Crippen LogP contribution in [-0.4, -0.2) is 35.7 Å². The van der Waals surface area contributed by atoms with Crippen molar-refractivity contribution in [1.82, 2.24) is 14.9 Å². The van der Waals surface area contributed by atoms with Crippen LogP contribution in [0.5, 0.6) is 0 Å². The lowest BCUT2D eigenvalue weighted by Crippen LogP contribution is -2.44. The fourth-order valence-electron chi connectivity index (χ4n) is 3.15.